The van der Waals surface area contributed by atoms with Gasteiger partial charge in [0.2, 0.25) is 0 Å². The van der Waals surface area contributed by atoms with E-state index in [9.17, 15) is 18.0 Å². The monoisotopic (exact) mass is 311 g/mol. The van der Waals surface area contributed by atoms with Gasteiger partial charge in [-0.2, -0.15) is 0 Å². The van der Waals surface area contributed by atoms with Gasteiger partial charge in [-0.1, -0.05) is 19.1 Å². The fraction of sp³-hybridized carbons (Fsp3) is 0.385. The van der Waals surface area contributed by atoms with Crippen LogP contribution in [0.15, 0.2) is 29.2 Å². The summed E-state index contributed by atoms with van der Waals surface area (Å²) in [5.41, 5.74) is 2.90. The van der Waals surface area contributed by atoms with Crippen molar-refractivity contribution in [3.05, 3.63) is 29.8 Å². The lowest BCUT2D eigenvalue weighted by molar-refractivity contribution is -0.139. The van der Waals surface area contributed by atoms with Crippen molar-refractivity contribution in [3.8, 4) is 0 Å². The average molecular weight is 311 g/mol. The summed E-state index contributed by atoms with van der Waals surface area (Å²) in [6.07, 6.45) is 2.48. The number of benzene rings is 1. The summed E-state index contributed by atoms with van der Waals surface area (Å²) in [7, 11) is -3.89. The number of carbonyl (C=O) groups excluding carboxylic acids is 2. The summed E-state index contributed by atoms with van der Waals surface area (Å²) in [6, 6.07) is 6.29. The molecular formula is C13H17N3O4S. The minimum absolute atomic E-state index is 0.0163. The number of hydrogen-bond donors (Lipinski definition) is 3. The smallest absolute Gasteiger partial charge is 0.324 e. The first-order valence-electron chi connectivity index (χ1n) is 6.64. The van der Waals surface area contributed by atoms with E-state index in [1.165, 1.54) is 12.1 Å². The molecule has 0 saturated heterocycles. The number of carbonyl (C=O) groups is 2. The van der Waals surface area contributed by atoms with Gasteiger partial charge in [-0.15, -0.1) is 4.83 Å². The average Bonchev–Trinajstić information content (AvgIpc) is 3.28. The number of aryl methyl sites for hydroxylation is 1. The van der Waals surface area contributed by atoms with Gasteiger partial charge in [-0.25, -0.2) is 8.42 Å². The van der Waals surface area contributed by atoms with Crippen LogP contribution in [0.2, 0.25) is 0 Å². The molecular weight excluding hydrogens is 294 g/mol. The maximum Gasteiger partial charge on any atom is 0.324 e. The van der Waals surface area contributed by atoms with E-state index in [0.29, 0.717) is 0 Å². The predicted octanol–water partition coefficient (Wildman–Crippen LogP) is -0.163. The van der Waals surface area contributed by atoms with Gasteiger partial charge in [0, 0.05) is 6.04 Å². The van der Waals surface area contributed by atoms with Crippen LogP contribution in [0.5, 0.6) is 0 Å². The molecule has 0 atom stereocenters. The zero-order valence-corrected chi connectivity index (χ0v) is 12.4. The van der Waals surface area contributed by atoms with Gasteiger partial charge >= 0.3 is 11.8 Å². The largest absolute Gasteiger partial charge is 0.345 e. The molecule has 0 unspecified atom stereocenters. The van der Waals surface area contributed by atoms with E-state index in [1.54, 1.807) is 12.1 Å². The van der Waals surface area contributed by atoms with Gasteiger partial charge in [0.1, 0.15) is 0 Å². The summed E-state index contributed by atoms with van der Waals surface area (Å²) in [5, 5.41) is 2.46. The van der Waals surface area contributed by atoms with E-state index in [2.05, 4.69) is 5.32 Å². The van der Waals surface area contributed by atoms with Gasteiger partial charge in [0.25, 0.3) is 10.0 Å². The molecule has 1 aromatic carbocycles. The SMILES string of the molecule is CCc1ccc(S(=O)(=O)NNC(=O)C(=O)NC2CC2)cc1. The molecule has 3 N–H and O–H groups in total. The predicted molar refractivity (Wildman–Crippen MR) is 75.4 cm³/mol. The quantitative estimate of drug-likeness (QED) is 0.519. The molecule has 0 radical (unpaired) electrons. The molecule has 0 aromatic heterocycles. The lowest BCUT2D eigenvalue weighted by Crippen LogP contribution is -2.48. The third-order valence-corrected chi connectivity index (χ3v) is 4.32. The third-order valence-electron chi connectivity index (χ3n) is 3.06. The molecule has 1 aromatic rings. The molecule has 2 amide bonds. The second kappa shape index (κ2) is 6.23. The Kier molecular flexibility index (Phi) is 4.59. The van der Waals surface area contributed by atoms with Crippen LogP contribution in [-0.4, -0.2) is 26.3 Å². The van der Waals surface area contributed by atoms with Crippen molar-refractivity contribution >= 4 is 21.8 Å². The molecule has 0 heterocycles. The van der Waals surface area contributed by atoms with Crippen molar-refractivity contribution in [1.82, 2.24) is 15.6 Å². The molecule has 0 bridgehead atoms. The van der Waals surface area contributed by atoms with Crippen LogP contribution < -0.4 is 15.6 Å². The molecule has 1 aliphatic rings. The molecule has 1 fully saturated rings. The number of sulfonamides is 1. The van der Waals surface area contributed by atoms with E-state index < -0.39 is 21.8 Å². The molecule has 1 aliphatic carbocycles. The summed E-state index contributed by atoms with van der Waals surface area (Å²) in [6.45, 7) is 1.96. The first kappa shape index (κ1) is 15.5. The molecule has 1 saturated carbocycles. The van der Waals surface area contributed by atoms with Crippen molar-refractivity contribution in [1.29, 1.82) is 0 Å². The highest BCUT2D eigenvalue weighted by Crippen LogP contribution is 2.18. The second-order valence-corrected chi connectivity index (χ2v) is 6.49. The first-order chi connectivity index (χ1) is 9.92. The molecule has 7 nitrogen and oxygen atoms in total. The molecule has 0 spiro atoms. The topological polar surface area (TPSA) is 104 Å². The standard InChI is InChI=1S/C13H17N3O4S/c1-2-9-3-7-11(8-4-9)21(19,20)16-15-13(18)12(17)14-10-5-6-10/h3-4,7-8,10,16H,2,5-6H2,1H3,(H,14,17)(H,15,18). The molecule has 0 aliphatic heterocycles. The zero-order chi connectivity index (χ0) is 15.5. The van der Waals surface area contributed by atoms with Gasteiger partial charge in [-0.3, -0.25) is 15.0 Å². The van der Waals surface area contributed by atoms with Crippen LogP contribution in [0.3, 0.4) is 0 Å². The van der Waals surface area contributed by atoms with Crippen LogP contribution in [0.25, 0.3) is 0 Å². The van der Waals surface area contributed by atoms with Crippen LogP contribution in [-0.2, 0) is 26.0 Å². The van der Waals surface area contributed by atoms with E-state index in [1.807, 2.05) is 17.2 Å². The maximum atomic E-state index is 11.9. The van der Waals surface area contributed by atoms with Crippen molar-refractivity contribution in [2.24, 2.45) is 0 Å². The van der Waals surface area contributed by atoms with Crippen LogP contribution in [0.1, 0.15) is 25.3 Å². The Morgan fingerprint density at radius 1 is 1.14 bits per heavy atom. The van der Waals surface area contributed by atoms with Crippen LogP contribution in [0, 0.1) is 0 Å². The summed E-state index contributed by atoms with van der Waals surface area (Å²) in [4.78, 5) is 24.7. The summed E-state index contributed by atoms with van der Waals surface area (Å²) in [5.74, 6) is -1.88. The van der Waals surface area contributed by atoms with Crippen molar-refractivity contribution in [2.45, 2.75) is 37.1 Å². The fourth-order valence-electron chi connectivity index (χ4n) is 1.61. The Labute approximate surface area is 123 Å². The third kappa shape index (κ3) is 4.27. The Hall–Kier alpha value is -1.93. The van der Waals surface area contributed by atoms with E-state index in [-0.39, 0.29) is 10.9 Å². The fourth-order valence-corrected chi connectivity index (χ4v) is 2.45. The van der Waals surface area contributed by atoms with E-state index in [0.717, 1.165) is 24.8 Å². The van der Waals surface area contributed by atoms with Gasteiger partial charge in [-0.05, 0) is 37.0 Å². The highest BCUT2D eigenvalue weighted by Gasteiger charge is 2.27. The molecule has 114 valence electrons. The highest BCUT2D eigenvalue weighted by molar-refractivity contribution is 7.89. The Balaban J connectivity index is 1.93. The van der Waals surface area contributed by atoms with E-state index >= 15 is 0 Å². The molecule has 8 heteroatoms. The van der Waals surface area contributed by atoms with Gasteiger partial charge < -0.3 is 5.32 Å². The lowest BCUT2D eigenvalue weighted by Gasteiger charge is -2.08. The first-order valence-corrected chi connectivity index (χ1v) is 8.12. The van der Waals surface area contributed by atoms with Crippen LogP contribution in [0.4, 0.5) is 0 Å². The van der Waals surface area contributed by atoms with Crippen LogP contribution >= 0.6 is 0 Å². The number of hydrazine groups is 1. The summed E-state index contributed by atoms with van der Waals surface area (Å²) < 4.78 is 23.9. The maximum absolute atomic E-state index is 11.9. The number of amides is 2. The Morgan fingerprint density at radius 3 is 2.29 bits per heavy atom. The normalized spacial score (nSPS) is 14.5. The Morgan fingerprint density at radius 2 is 1.76 bits per heavy atom. The lowest BCUT2D eigenvalue weighted by atomic mass is 10.2. The number of rotatable bonds is 5. The minimum Gasteiger partial charge on any atom is -0.345 e. The zero-order valence-electron chi connectivity index (χ0n) is 11.5. The number of hydrogen-bond acceptors (Lipinski definition) is 4. The van der Waals surface area contributed by atoms with Crippen molar-refractivity contribution in [2.75, 3.05) is 0 Å². The van der Waals surface area contributed by atoms with E-state index in [4.69, 9.17) is 0 Å². The Bertz CT molecular complexity index is 636. The van der Waals surface area contributed by atoms with Crippen molar-refractivity contribution < 1.29 is 18.0 Å². The summed E-state index contributed by atoms with van der Waals surface area (Å²) >= 11 is 0. The van der Waals surface area contributed by atoms with Gasteiger partial charge in [0.15, 0.2) is 0 Å². The second-order valence-electron chi connectivity index (χ2n) is 4.80. The van der Waals surface area contributed by atoms with Crippen molar-refractivity contribution in [3.63, 3.8) is 0 Å². The molecule has 21 heavy (non-hydrogen) atoms. The molecule has 2 rings (SSSR count). The number of nitrogens with one attached hydrogen (secondary N) is 3. The van der Waals surface area contributed by atoms with Gasteiger partial charge in [0.05, 0.1) is 4.90 Å². The minimum atomic E-state index is -3.89. The highest BCUT2D eigenvalue weighted by atomic mass is 32.2.